The van der Waals surface area contributed by atoms with E-state index < -0.39 is 10.0 Å². The van der Waals surface area contributed by atoms with Crippen LogP contribution < -0.4 is 10.0 Å². The van der Waals surface area contributed by atoms with E-state index >= 15 is 0 Å². The fourth-order valence-corrected chi connectivity index (χ4v) is 2.48. The Morgan fingerprint density at radius 3 is 2.72 bits per heavy atom. The van der Waals surface area contributed by atoms with Gasteiger partial charge >= 0.3 is 0 Å². The van der Waals surface area contributed by atoms with Crippen molar-refractivity contribution in [2.45, 2.75) is 11.4 Å². The minimum absolute atomic E-state index is 0.177. The molecule has 7 nitrogen and oxygen atoms in total. The summed E-state index contributed by atoms with van der Waals surface area (Å²) in [5.41, 5.74) is 1.12. The summed E-state index contributed by atoms with van der Waals surface area (Å²) in [4.78, 5) is 10.5. The molecule has 8 heteroatoms. The molecule has 2 heterocycles. The number of nitrogens with one attached hydrogen (secondary N) is 3. The average molecular weight is 267 g/mol. The number of aromatic nitrogens is 3. The van der Waals surface area contributed by atoms with Crippen LogP contribution in [0.3, 0.4) is 0 Å². The van der Waals surface area contributed by atoms with E-state index in [2.05, 4.69) is 25.0 Å². The first kappa shape index (κ1) is 12.5. The van der Waals surface area contributed by atoms with Crippen LogP contribution in [-0.2, 0) is 16.6 Å². The summed E-state index contributed by atoms with van der Waals surface area (Å²) in [7, 11) is -1.81. The van der Waals surface area contributed by atoms with Crippen LogP contribution >= 0.6 is 0 Å². The van der Waals surface area contributed by atoms with Crippen molar-refractivity contribution < 1.29 is 8.42 Å². The lowest BCUT2D eigenvalue weighted by Crippen LogP contribution is -2.12. The quantitative estimate of drug-likeness (QED) is 0.724. The van der Waals surface area contributed by atoms with Gasteiger partial charge < -0.3 is 10.3 Å². The smallest absolute Gasteiger partial charge is 0.263 e. The molecule has 0 radical (unpaired) electrons. The molecule has 18 heavy (non-hydrogen) atoms. The fraction of sp³-hybridized carbons (Fsp3) is 0.200. The van der Waals surface area contributed by atoms with Crippen LogP contribution in [0.15, 0.2) is 35.9 Å². The molecule has 0 aliphatic heterocycles. The van der Waals surface area contributed by atoms with Crippen molar-refractivity contribution in [2.75, 3.05) is 11.8 Å². The second-order valence-electron chi connectivity index (χ2n) is 3.62. The van der Waals surface area contributed by atoms with E-state index in [0.717, 1.165) is 5.69 Å². The van der Waals surface area contributed by atoms with Gasteiger partial charge in [0.15, 0.2) is 0 Å². The topological polar surface area (TPSA) is 99.8 Å². The number of anilines is 1. The van der Waals surface area contributed by atoms with Gasteiger partial charge in [-0.2, -0.15) is 0 Å². The molecule has 0 unspecified atom stereocenters. The van der Waals surface area contributed by atoms with Crippen molar-refractivity contribution in [1.29, 1.82) is 0 Å². The number of nitrogens with zero attached hydrogens (tertiary/aromatic N) is 2. The molecule has 0 saturated heterocycles. The zero-order valence-electron chi connectivity index (χ0n) is 9.71. The van der Waals surface area contributed by atoms with Gasteiger partial charge in [0.2, 0.25) is 0 Å². The molecule has 2 rings (SSSR count). The maximum Gasteiger partial charge on any atom is 0.263 e. The van der Waals surface area contributed by atoms with E-state index in [1.165, 1.54) is 24.9 Å². The van der Waals surface area contributed by atoms with E-state index in [0.29, 0.717) is 12.2 Å². The second-order valence-corrected chi connectivity index (χ2v) is 5.31. The molecule has 0 bridgehead atoms. The maximum atomic E-state index is 12.0. The Morgan fingerprint density at radius 1 is 1.33 bits per heavy atom. The molecule has 0 fully saturated rings. The lowest BCUT2D eigenvalue weighted by atomic mass is 10.4. The Morgan fingerprint density at radius 2 is 2.06 bits per heavy atom. The van der Waals surface area contributed by atoms with Crippen LogP contribution in [0.1, 0.15) is 5.69 Å². The van der Waals surface area contributed by atoms with Gasteiger partial charge in [-0.3, -0.25) is 4.72 Å². The molecule has 2 aromatic heterocycles. The Hall–Kier alpha value is -1.93. The molecular weight excluding hydrogens is 254 g/mol. The van der Waals surface area contributed by atoms with Gasteiger partial charge in [0.05, 0.1) is 18.1 Å². The van der Waals surface area contributed by atoms with Crippen LogP contribution in [0.2, 0.25) is 0 Å². The van der Waals surface area contributed by atoms with Crippen molar-refractivity contribution in [3.05, 3.63) is 36.7 Å². The molecule has 0 aliphatic carbocycles. The third kappa shape index (κ3) is 2.84. The standard InChI is InChI=1S/C10H13N5O2S/c1-11-3-8-2-10(6-14-8)18(16,17)15-9-4-12-7-13-5-9/h2,4-7,11,14-15H,3H2,1H3. The van der Waals surface area contributed by atoms with Crippen LogP contribution in [0.4, 0.5) is 5.69 Å². The highest BCUT2D eigenvalue weighted by Gasteiger charge is 2.16. The number of H-pyrrole nitrogens is 1. The van der Waals surface area contributed by atoms with E-state index in [4.69, 9.17) is 0 Å². The highest BCUT2D eigenvalue weighted by Crippen LogP contribution is 2.15. The van der Waals surface area contributed by atoms with E-state index in [-0.39, 0.29) is 4.90 Å². The van der Waals surface area contributed by atoms with Gasteiger partial charge in [0.25, 0.3) is 10.0 Å². The first-order chi connectivity index (χ1) is 8.62. The number of aromatic amines is 1. The summed E-state index contributed by atoms with van der Waals surface area (Å²) in [6, 6.07) is 1.57. The SMILES string of the molecule is CNCc1cc(S(=O)(=O)Nc2cncnc2)c[nH]1. The Balaban J connectivity index is 2.20. The summed E-state index contributed by atoms with van der Waals surface area (Å²) in [6.45, 7) is 0.573. The third-order valence-corrected chi connectivity index (χ3v) is 3.57. The summed E-state index contributed by atoms with van der Waals surface area (Å²) >= 11 is 0. The van der Waals surface area contributed by atoms with Gasteiger partial charge in [-0.05, 0) is 13.1 Å². The van der Waals surface area contributed by atoms with Crippen molar-refractivity contribution >= 4 is 15.7 Å². The number of sulfonamides is 1. The fourth-order valence-electron chi connectivity index (χ4n) is 1.43. The zero-order valence-corrected chi connectivity index (χ0v) is 10.5. The van der Waals surface area contributed by atoms with Gasteiger partial charge in [-0.1, -0.05) is 0 Å². The van der Waals surface area contributed by atoms with Crippen LogP contribution in [-0.4, -0.2) is 30.4 Å². The first-order valence-corrected chi connectivity index (χ1v) is 6.70. The Labute approximate surface area is 105 Å². The highest BCUT2D eigenvalue weighted by molar-refractivity contribution is 7.92. The monoisotopic (exact) mass is 267 g/mol. The third-order valence-electron chi connectivity index (χ3n) is 2.21. The van der Waals surface area contributed by atoms with Crippen molar-refractivity contribution in [3.63, 3.8) is 0 Å². The van der Waals surface area contributed by atoms with Crippen LogP contribution in [0.5, 0.6) is 0 Å². The highest BCUT2D eigenvalue weighted by atomic mass is 32.2. The summed E-state index contributed by atoms with van der Waals surface area (Å²) in [5, 5.41) is 2.93. The molecule has 2 aromatic rings. The van der Waals surface area contributed by atoms with Gasteiger partial charge in [0.1, 0.15) is 11.2 Å². The number of hydrogen-bond acceptors (Lipinski definition) is 5. The molecule has 0 amide bonds. The summed E-state index contributed by atoms with van der Waals surface area (Å²) < 4.78 is 26.4. The first-order valence-electron chi connectivity index (χ1n) is 5.21. The predicted octanol–water partition coefficient (Wildman–Crippen LogP) is 0.325. The maximum absolute atomic E-state index is 12.0. The van der Waals surface area contributed by atoms with Crippen LogP contribution in [0, 0.1) is 0 Å². The minimum Gasteiger partial charge on any atom is -0.363 e. The van der Waals surface area contributed by atoms with E-state index in [1.807, 2.05) is 0 Å². The molecule has 96 valence electrons. The van der Waals surface area contributed by atoms with Gasteiger partial charge in [0, 0.05) is 18.4 Å². The number of rotatable bonds is 5. The molecule has 0 aliphatic rings. The molecule has 0 aromatic carbocycles. The van der Waals surface area contributed by atoms with E-state index in [9.17, 15) is 8.42 Å². The molecule has 0 atom stereocenters. The molecule has 3 N–H and O–H groups in total. The largest absolute Gasteiger partial charge is 0.363 e. The van der Waals surface area contributed by atoms with Gasteiger partial charge in [-0.15, -0.1) is 0 Å². The van der Waals surface area contributed by atoms with Crippen molar-refractivity contribution in [3.8, 4) is 0 Å². The van der Waals surface area contributed by atoms with Crippen molar-refractivity contribution in [1.82, 2.24) is 20.3 Å². The molecular formula is C10H13N5O2S. The van der Waals surface area contributed by atoms with Crippen molar-refractivity contribution in [2.24, 2.45) is 0 Å². The zero-order chi connectivity index (χ0) is 13.0. The lowest BCUT2D eigenvalue weighted by molar-refractivity contribution is 0.601. The predicted molar refractivity (Wildman–Crippen MR) is 66.4 cm³/mol. The minimum atomic E-state index is -3.60. The van der Waals surface area contributed by atoms with Crippen LogP contribution in [0.25, 0.3) is 0 Å². The average Bonchev–Trinajstić information content (AvgIpc) is 2.80. The molecule has 0 spiro atoms. The summed E-state index contributed by atoms with van der Waals surface area (Å²) in [6.07, 6.45) is 5.56. The normalized spacial score (nSPS) is 11.4. The number of hydrogen-bond donors (Lipinski definition) is 3. The summed E-state index contributed by atoms with van der Waals surface area (Å²) in [5.74, 6) is 0. The Kier molecular flexibility index (Phi) is 3.58. The Bertz CT molecular complexity index is 608. The second kappa shape index (κ2) is 5.15. The lowest BCUT2D eigenvalue weighted by Gasteiger charge is -2.04. The van der Waals surface area contributed by atoms with E-state index in [1.54, 1.807) is 13.1 Å². The van der Waals surface area contributed by atoms with Gasteiger partial charge in [-0.25, -0.2) is 18.4 Å². The molecule has 0 saturated carbocycles.